The van der Waals surface area contributed by atoms with Gasteiger partial charge in [-0.25, -0.2) is 0 Å². The van der Waals surface area contributed by atoms with Gasteiger partial charge in [-0.3, -0.25) is 10.1 Å². The molecule has 4 nitrogen and oxygen atoms in total. The summed E-state index contributed by atoms with van der Waals surface area (Å²) >= 11 is 0. The quantitative estimate of drug-likeness (QED) is 0.610. The second-order valence-corrected chi connectivity index (χ2v) is 3.99. The van der Waals surface area contributed by atoms with Crippen molar-refractivity contribution in [2.24, 2.45) is 5.92 Å². The summed E-state index contributed by atoms with van der Waals surface area (Å²) in [5.74, 6) is -0.276. The molecule has 0 aliphatic carbocycles. The minimum atomic E-state index is -0.803. The number of rotatable bonds is 6. The molecular weight excluding hydrogens is 223 g/mol. The van der Waals surface area contributed by atoms with E-state index in [0.29, 0.717) is 11.6 Å². The molecule has 1 rings (SSSR count). The second kappa shape index (κ2) is 6.18. The maximum atomic E-state index is 13.1. The molecule has 0 radical (unpaired) electrons. The molecule has 0 aromatic heterocycles. The molecule has 17 heavy (non-hydrogen) atoms. The van der Waals surface area contributed by atoms with E-state index in [1.807, 2.05) is 0 Å². The summed E-state index contributed by atoms with van der Waals surface area (Å²) in [6.45, 7) is 4.95. The number of nitrogens with one attached hydrogen (secondary N) is 1. The van der Waals surface area contributed by atoms with Crippen LogP contribution in [0.5, 0.6) is 0 Å². The van der Waals surface area contributed by atoms with E-state index < -0.39 is 16.4 Å². The van der Waals surface area contributed by atoms with Crippen LogP contribution in [0.1, 0.15) is 26.7 Å². The Bertz CT molecular complexity index is 392. The molecule has 0 unspecified atom stereocenters. The van der Waals surface area contributed by atoms with Gasteiger partial charge in [0, 0.05) is 18.3 Å². The van der Waals surface area contributed by atoms with Gasteiger partial charge in [0.15, 0.2) is 0 Å². The highest BCUT2D eigenvalue weighted by molar-refractivity contribution is 5.51. The Kier molecular flexibility index (Phi) is 4.87. The number of nitro benzene ring substituents is 1. The van der Waals surface area contributed by atoms with Crippen molar-refractivity contribution in [3.05, 3.63) is 34.1 Å². The number of benzene rings is 1. The first-order chi connectivity index (χ1) is 8.08. The predicted octanol–water partition coefficient (Wildman–Crippen LogP) is 3.58. The third-order valence-electron chi connectivity index (χ3n) is 2.89. The van der Waals surface area contributed by atoms with Gasteiger partial charge in [-0.1, -0.05) is 26.7 Å². The van der Waals surface area contributed by atoms with Crippen LogP contribution in [0.15, 0.2) is 18.2 Å². The van der Waals surface area contributed by atoms with Crippen molar-refractivity contribution in [1.29, 1.82) is 0 Å². The lowest BCUT2D eigenvalue weighted by molar-refractivity contribution is -0.387. The zero-order chi connectivity index (χ0) is 12.8. The maximum Gasteiger partial charge on any atom is 0.306 e. The summed E-state index contributed by atoms with van der Waals surface area (Å²) in [4.78, 5) is 9.85. The van der Waals surface area contributed by atoms with Crippen LogP contribution in [0.3, 0.4) is 0 Å². The standard InChI is InChI=1S/C12H17FN2O2/c1-3-9(4-2)8-14-10-5-6-11(13)12(7-10)15(16)17/h5-7,9,14H,3-4,8H2,1-2H3. The van der Waals surface area contributed by atoms with E-state index in [2.05, 4.69) is 19.2 Å². The van der Waals surface area contributed by atoms with E-state index in [4.69, 9.17) is 0 Å². The van der Waals surface area contributed by atoms with Gasteiger partial charge in [0.1, 0.15) is 0 Å². The van der Waals surface area contributed by atoms with Crippen LogP contribution in [0.2, 0.25) is 0 Å². The topological polar surface area (TPSA) is 55.2 Å². The van der Waals surface area contributed by atoms with Gasteiger partial charge in [-0.15, -0.1) is 0 Å². The van der Waals surface area contributed by atoms with Crippen LogP contribution >= 0.6 is 0 Å². The lowest BCUT2D eigenvalue weighted by atomic mass is 10.0. The molecule has 0 amide bonds. The Labute approximate surface area is 100.0 Å². The molecule has 0 heterocycles. The van der Waals surface area contributed by atoms with Crippen molar-refractivity contribution in [3.8, 4) is 0 Å². The van der Waals surface area contributed by atoms with Crippen molar-refractivity contribution in [1.82, 2.24) is 0 Å². The summed E-state index contributed by atoms with van der Waals surface area (Å²) < 4.78 is 13.1. The van der Waals surface area contributed by atoms with E-state index in [1.165, 1.54) is 12.1 Å². The third-order valence-corrected chi connectivity index (χ3v) is 2.89. The molecule has 0 atom stereocenters. The zero-order valence-electron chi connectivity index (χ0n) is 10.1. The summed E-state index contributed by atoms with van der Waals surface area (Å²) in [7, 11) is 0. The molecular formula is C12H17FN2O2. The van der Waals surface area contributed by atoms with Crippen LogP contribution in [0.4, 0.5) is 15.8 Å². The summed E-state index contributed by atoms with van der Waals surface area (Å²) in [6, 6.07) is 3.87. The Balaban J connectivity index is 2.72. The van der Waals surface area contributed by atoms with Crippen molar-refractivity contribution >= 4 is 11.4 Å². The molecule has 0 saturated heterocycles. The highest BCUT2D eigenvalue weighted by Crippen LogP contribution is 2.22. The smallest absolute Gasteiger partial charge is 0.306 e. The largest absolute Gasteiger partial charge is 0.385 e. The van der Waals surface area contributed by atoms with Gasteiger partial charge in [-0.2, -0.15) is 4.39 Å². The number of nitro groups is 1. The highest BCUT2D eigenvalue weighted by atomic mass is 19.1. The predicted molar refractivity (Wildman–Crippen MR) is 65.6 cm³/mol. The Morgan fingerprint density at radius 1 is 1.41 bits per heavy atom. The lowest BCUT2D eigenvalue weighted by Crippen LogP contribution is -2.12. The fourth-order valence-electron chi connectivity index (χ4n) is 1.60. The summed E-state index contributed by atoms with van der Waals surface area (Å²) in [6.07, 6.45) is 2.10. The number of hydrogen-bond donors (Lipinski definition) is 1. The van der Waals surface area contributed by atoms with E-state index >= 15 is 0 Å². The van der Waals surface area contributed by atoms with Crippen LogP contribution in [-0.4, -0.2) is 11.5 Å². The van der Waals surface area contributed by atoms with Crippen molar-refractivity contribution in [2.75, 3.05) is 11.9 Å². The minimum Gasteiger partial charge on any atom is -0.385 e. The van der Waals surface area contributed by atoms with Gasteiger partial charge in [0.05, 0.1) is 4.92 Å². The number of halogens is 1. The maximum absolute atomic E-state index is 13.1. The van der Waals surface area contributed by atoms with E-state index in [0.717, 1.165) is 25.5 Å². The first kappa shape index (κ1) is 13.4. The van der Waals surface area contributed by atoms with Crippen molar-refractivity contribution < 1.29 is 9.31 Å². The molecule has 94 valence electrons. The number of nitrogens with zero attached hydrogens (tertiary/aromatic N) is 1. The molecule has 1 aromatic rings. The molecule has 0 fully saturated rings. The fourth-order valence-corrected chi connectivity index (χ4v) is 1.60. The van der Waals surface area contributed by atoms with Crippen LogP contribution in [0.25, 0.3) is 0 Å². The summed E-state index contributed by atoms with van der Waals surface area (Å²) in [5.41, 5.74) is 0.101. The molecule has 0 bridgehead atoms. The van der Waals surface area contributed by atoms with Crippen LogP contribution in [0, 0.1) is 21.8 Å². The van der Waals surface area contributed by atoms with Gasteiger partial charge in [0.2, 0.25) is 5.82 Å². The Morgan fingerprint density at radius 3 is 2.59 bits per heavy atom. The summed E-state index contributed by atoms with van der Waals surface area (Å²) in [5, 5.41) is 13.7. The molecule has 1 aromatic carbocycles. The molecule has 0 aliphatic heterocycles. The van der Waals surface area contributed by atoms with E-state index in [1.54, 1.807) is 0 Å². The highest BCUT2D eigenvalue weighted by Gasteiger charge is 2.14. The van der Waals surface area contributed by atoms with Crippen molar-refractivity contribution in [2.45, 2.75) is 26.7 Å². The number of hydrogen-bond acceptors (Lipinski definition) is 3. The van der Waals surface area contributed by atoms with Gasteiger partial charge in [-0.05, 0) is 18.1 Å². The SMILES string of the molecule is CCC(CC)CNc1ccc(F)c([N+](=O)[O-])c1. The van der Waals surface area contributed by atoms with Gasteiger partial charge >= 0.3 is 5.69 Å². The van der Waals surface area contributed by atoms with Crippen LogP contribution in [-0.2, 0) is 0 Å². The lowest BCUT2D eigenvalue weighted by Gasteiger charge is -2.14. The van der Waals surface area contributed by atoms with Gasteiger partial charge in [0.25, 0.3) is 0 Å². The molecule has 0 saturated carbocycles. The average Bonchev–Trinajstić information content (AvgIpc) is 2.32. The Hall–Kier alpha value is -1.65. The van der Waals surface area contributed by atoms with E-state index in [9.17, 15) is 14.5 Å². The molecule has 0 aliphatic rings. The molecule has 1 N–H and O–H groups in total. The van der Waals surface area contributed by atoms with Gasteiger partial charge < -0.3 is 5.32 Å². The third kappa shape index (κ3) is 3.69. The Morgan fingerprint density at radius 2 is 2.06 bits per heavy atom. The van der Waals surface area contributed by atoms with Crippen molar-refractivity contribution in [3.63, 3.8) is 0 Å². The fraction of sp³-hybridized carbons (Fsp3) is 0.500. The average molecular weight is 240 g/mol. The van der Waals surface area contributed by atoms with E-state index in [-0.39, 0.29) is 0 Å². The zero-order valence-corrected chi connectivity index (χ0v) is 10.1. The minimum absolute atomic E-state index is 0.487. The first-order valence-electron chi connectivity index (χ1n) is 5.76. The molecule has 0 spiro atoms. The number of anilines is 1. The monoisotopic (exact) mass is 240 g/mol. The van der Waals surface area contributed by atoms with Crippen LogP contribution < -0.4 is 5.32 Å². The molecule has 5 heteroatoms. The first-order valence-corrected chi connectivity index (χ1v) is 5.76. The normalized spacial score (nSPS) is 10.6. The second-order valence-electron chi connectivity index (χ2n) is 3.99.